The van der Waals surface area contributed by atoms with Gasteiger partial charge >= 0.3 is 6.61 Å². The number of halogens is 3. The zero-order valence-corrected chi connectivity index (χ0v) is 12.8. The van der Waals surface area contributed by atoms with E-state index in [0.29, 0.717) is 18.5 Å². The van der Waals surface area contributed by atoms with Crippen LogP contribution in [0.5, 0.6) is 5.75 Å². The van der Waals surface area contributed by atoms with Gasteiger partial charge in [0.1, 0.15) is 11.6 Å². The van der Waals surface area contributed by atoms with Crippen LogP contribution in [0.2, 0.25) is 5.02 Å². The molecule has 0 radical (unpaired) electrons. The number of aryl methyl sites for hydroxylation is 1. The molecule has 0 fully saturated rings. The van der Waals surface area contributed by atoms with E-state index in [1.165, 1.54) is 12.1 Å². The summed E-state index contributed by atoms with van der Waals surface area (Å²) in [5.41, 5.74) is 0.365. The molecule has 5 nitrogen and oxygen atoms in total. The van der Waals surface area contributed by atoms with Crippen LogP contribution in [0.25, 0.3) is 0 Å². The average molecular weight is 342 g/mol. The van der Waals surface area contributed by atoms with Crippen LogP contribution in [-0.2, 0) is 17.8 Å². The highest BCUT2D eigenvalue weighted by molar-refractivity contribution is 6.32. The lowest BCUT2D eigenvalue weighted by Gasteiger charge is -2.22. The first-order chi connectivity index (χ1) is 11.0. The summed E-state index contributed by atoms with van der Waals surface area (Å²) < 4.78 is 31.0. The number of benzene rings is 1. The highest BCUT2D eigenvalue weighted by atomic mass is 35.5. The Kier molecular flexibility index (Phi) is 4.47. The van der Waals surface area contributed by atoms with Gasteiger partial charge in [0.25, 0.3) is 0 Å². The van der Waals surface area contributed by atoms with Gasteiger partial charge in [-0.2, -0.15) is 8.78 Å². The van der Waals surface area contributed by atoms with Crippen LogP contribution in [0.15, 0.2) is 30.6 Å². The summed E-state index contributed by atoms with van der Waals surface area (Å²) in [4.78, 5) is 16.6. The molecule has 122 valence electrons. The van der Waals surface area contributed by atoms with Crippen molar-refractivity contribution >= 4 is 23.2 Å². The van der Waals surface area contributed by atoms with Crippen LogP contribution in [0.3, 0.4) is 0 Å². The number of hydrogen-bond acceptors (Lipinski definition) is 3. The number of aromatic nitrogens is 2. The number of alkyl halides is 2. The van der Waals surface area contributed by atoms with Crippen LogP contribution in [0, 0.1) is 5.92 Å². The molecule has 1 unspecified atom stereocenters. The van der Waals surface area contributed by atoms with Gasteiger partial charge in [0.05, 0.1) is 5.02 Å². The quantitative estimate of drug-likeness (QED) is 0.928. The Hall–Kier alpha value is -2.15. The molecule has 1 aromatic heterocycles. The molecule has 0 aliphatic carbocycles. The van der Waals surface area contributed by atoms with Crippen LogP contribution in [0.4, 0.5) is 14.5 Å². The van der Waals surface area contributed by atoms with E-state index < -0.39 is 6.61 Å². The second-order valence-corrected chi connectivity index (χ2v) is 5.65. The number of rotatable bonds is 4. The van der Waals surface area contributed by atoms with E-state index in [1.54, 1.807) is 12.3 Å². The second-order valence-electron chi connectivity index (χ2n) is 5.24. The molecule has 3 rings (SSSR count). The van der Waals surface area contributed by atoms with Crippen LogP contribution < -0.4 is 10.1 Å². The van der Waals surface area contributed by atoms with Gasteiger partial charge in [0.15, 0.2) is 0 Å². The van der Waals surface area contributed by atoms with E-state index in [2.05, 4.69) is 15.0 Å². The number of carbonyl (C=O) groups excluding carboxylic acids is 1. The van der Waals surface area contributed by atoms with E-state index in [0.717, 1.165) is 12.4 Å². The number of fused-ring (bicyclic) bond motifs is 1. The van der Waals surface area contributed by atoms with Crippen molar-refractivity contribution in [1.82, 2.24) is 9.55 Å². The fraction of sp³-hybridized carbons (Fsp3) is 0.333. The molecular formula is C15H14ClF2N3O2. The number of carbonyl (C=O) groups is 1. The van der Waals surface area contributed by atoms with Gasteiger partial charge in [-0.05, 0) is 18.6 Å². The largest absolute Gasteiger partial charge is 0.433 e. The van der Waals surface area contributed by atoms with Crippen LogP contribution in [0.1, 0.15) is 12.2 Å². The lowest BCUT2D eigenvalue weighted by molar-refractivity contribution is -0.120. The predicted octanol–water partition coefficient (Wildman–Crippen LogP) is 3.34. The molecule has 23 heavy (non-hydrogen) atoms. The molecule has 8 heteroatoms. The van der Waals surface area contributed by atoms with Crippen molar-refractivity contribution < 1.29 is 18.3 Å². The van der Waals surface area contributed by atoms with Crippen molar-refractivity contribution in [3.05, 3.63) is 41.4 Å². The molecule has 0 saturated heterocycles. The summed E-state index contributed by atoms with van der Waals surface area (Å²) in [7, 11) is 0. The first-order valence-corrected chi connectivity index (χ1v) is 7.46. The number of hydrogen-bond donors (Lipinski definition) is 1. The first kappa shape index (κ1) is 15.7. The topological polar surface area (TPSA) is 56.1 Å². The van der Waals surface area contributed by atoms with Crippen molar-refractivity contribution in [3.63, 3.8) is 0 Å². The lowest BCUT2D eigenvalue weighted by Crippen LogP contribution is -2.30. The van der Waals surface area contributed by atoms with Gasteiger partial charge in [0, 0.05) is 43.0 Å². The molecule has 1 aliphatic rings. The normalized spacial score (nSPS) is 17.0. The van der Waals surface area contributed by atoms with Gasteiger partial charge in [-0.15, -0.1) is 0 Å². The second kappa shape index (κ2) is 6.54. The summed E-state index contributed by atoms with van der Waals surface area (Å²) >= 11 is 5.79. The SMILES string of the molecule is O=C(Nc1ccc(Cl)c(OC(F)F)c1)C1CCn2ccnc2C1. The molecule has 1 aromatic carbocycles. The minimum atomic E-state index is -2.98. The predicted molar refractivity (Wildman–Crippen MR) is 80.8 cm³/mol. The minimum absolute atomic E-state index is 0.0583. The Morgan fingerprint density at radius 2 is 2.30 bits per heavy atom. The molecule has 1 atom stereocenters. The molecule has 2 aromatic rings. The third kappa shape index (κ3) is 3.61. The molecule has 1 N–H and O–H groups in total. The Morgan fingerprint density at radius 1 is 1.48 bits per heavy atom. The number of ether oxygens (including phenoxy) is 1. The van der Waals surface area contributed by atoms with Gasteiger partial charge < -0.3 is 14.6 Å². The molecule has 1 amide bonds. The number of nitrogens with one attached hydrogen (secondary N) is 1. The monoisotopic (exact) mass is 341 g/mol. The summed E-state index contributed by atoms with van der Waals surface area (Å²) in [5.74, 6) is 0.317. The molecular weight excluding hydrogens is 328 g/mol. The maximum Gasteiger partial charge on any atom is 0.387 e. The third-order valence-electron chi connectivity index (χ3n) is 3.73. The maximum atomic E-state index is 12.3. The average Bonchev–Trinajstić information content (AvgIpc) is 2.97. The maximum absolute atomic E-state index is 12.3. The van der Waals surface area contributed by atoms with Gasteiger partial charge in [0.2, 0.25) is 5.91 Å². The summed E-state index contributed by atoms with van der Waals surface area (Å²) in [6.45, 7) is -2.25. The molecule has 2 heterocycles. The third-order valence-corrected chi connectivity index (χ3v) is 4.05. The zero-order valence-electron chi connectivity index (χ0n) is 12.0. The van der Waals surface area contributed by atoms with Gasteiger partial charge in [-0.25, -0.2) is 4.98 Å². The van der Waals surface area contributed by atoms with Crippen LogP contribution >= 0.6 is 11.6 Å². The number of anilines is 1. The van der Waals surface area contributed by atoms with Crippen molar-refractivity contribution in [2.24, 2.45) is 5.92 Å². The summed E-state index contributed by atoms with van der Waals surface area (Å²) in [6, 6.07) is 4.24. The highest BCUT2D eigenvalue weighted by Gasteiger charge is 2.25. The molecule has 1 aliphatic heterocycles. The highest BCUT2D eigenvalue weighted by Crippen LogP contribution is 2.30. The fourth-order valence-electron chi connectivity index (χ4n) is 2.59. The van der Waals surface area contributed by atoms with Crippen molar-refractivity contribution in [2.75, 3.05) is 5.32 Å². The molecule has 0 saturated carbocycles. The Balaban J connectivity index is 1.68. The van der Waals surface area contributed by atoms with Crippen molar-refractivity contribution in [2.45, 2.75) is 26.0 Å². The van der Waals surface area contributed by atoms with Gasteiger partial charge in [-0.3, -0.25) is 4.79 Å². The lowest BCUT2D eigenvalue weighted by atomic mass is 9.97. The van der Waals surface area contributed by atoms with Gasteiger partial charge in [-0.1, -0.05) is 11.6 Å². The molecule has 0 spiro atoms. The Morgan fingerprint density at radius 3 is 3.09 bits per heavy atom. The number of imidazole rings is 1. The van der Waals surface area contributed by atoms with Crippen LogP contribution in [-0.4, -0.2) is 22.1 Å². The minimum Gasteiger partial charge on any atom is -0.433 e. The van der Waals surface area contributed by atoms with E-state index in [1.807, 2.05) is 10.8 Å². The fourth-order valence-corrected chi connectivity index (χ4v) is 2.75. The number of amides is 1. The van der Waals surface area contributed by atoms with E-state index >= 15 is 0 Å². The van der Waals surface area contributed by atoms with E-state index in [9.17, 15) is 13.6 Å². The zero-order chi connectivity index (χ0) is 16.4. The molecule has 0 bridgehead atoms. The van der Waals surface area contributed by atoms with Crippen molar-refractivity contribution in [3.8, 4) is 5.75 Å². The first-order valence-electron chi connectivity index (χ1n) is 7.08. The smallest absolute Gasteiger partial charge is 0.387 e. The number of nitrogens with zero attached hydrogens (tertiary/aromatic N) is 2. The van der Waals surface area contributed by atoms with E-state index in [4.69, 9.17) is 11.6 Å². The Bertz CT molecular complexity index is 720. The summed E-state index contributed by atoms with van der Waals surface area (Å²) in [5, 5.41) is 2.77. The van der Waals surface area contributed by atoms with E-state index in [-0.39, 0.29) is 22.6 Å². The Labute approximate surface area is 136 Å². The summed E-state index contributed by atoms with van der Waals surface area (Å²) in [6.07, 6.45) is 4.84. The standard InChI is InChI=1S/C15H14ClF2N3O2/c16-11-2-1-10(8-12(11)23-15(17)18)20-14(22)9-3-5-21-6-4-19-13(21)7-9/h1-2,4,6,8-9,15H,3,5,7H2,(H,20,22). The van der Waals surface area contributed by atoms with Crippen molar-refractivity contribution in [1.29, 1.82) is 0 Å².